The Kier molecular flexibility index (Phi) is 10.7. The molecule has 0 aliphatic heterocycles. The van der Waals surface area contributed by atoms with Crippen molar-refractivity contribution in [2.75, 3.05) is 21.2 Å². The number of rotatable bonds is 7. The third-order valence-electron chi connectivity index (χ3n) is 3.97. The van der Waals surface area contributed by atoms with Crippen LogP contribution >= 0.6 is 11.6 Å². The second-order valence-electron chi connectivity index (χ2n) is 6.29. The molecule has 0 atom stereocenters. The van der Waals surface area contributed by atoms with Crippen molar-refractivity contribution in [3.63, 3.8) is 0 Å². The number of aldehydes is 1. The number of halogens is 1. The fourth-order valence-corrected chi connectivity index (χ4v) is 2.60. The van der Waals surface area contributed by atoms with E-state index in [0.29, 0.717) is 16.9 Å². The van der Waals surface area contributed by atoms with E-state index in [-0.39, 0.29) is 12.3 Å². The summed E-state index contributed by atoms with van der Waals surface area (Å²) >= 11 is 6.05. The van der Waals surface area contributed by atoms with Gasteiger partial charge in [0.05, 0.1) is 5.71 Å². The minimum Gasteiger partial charge on any atom is -0.399 e. The number of aryl methyl sites for hydroxylation is 2. The zero-order valence-electron chi connectivity index (χ0n) is 17.7. The molecule has 0 saturated heterocycles. The standard InChI is InChI=1S/C20H21ClN2O3.C2H7N/c1-13-6-5-7-17(20(11-24)23-25-4)18(13)12-26-22-15(3)16-8-9-19(21)14(2)10-16;1-3-2/h5-11H,12H2,1-4H3;3H,1-2H3/b22-15+,23-20-;. The molecule has 7 heteroatoms. The van der Waals surface area contributed by atoms with Crippen molar-refractivity contribution in [3.05, 3.63) is 69.2 Å². The minimum atomic E-state index is 0.211. The topological polar surface area (TPSA) is 72.3 Å². The molecule has 29 heavy (non-hydrogen) atoms. The molecule has 0 aliphatic rings. The van der Waals surface area contributed by atoms with Crippen LogP contribution in [0, 0.1) is 13.8 Å². The van der Waals surface area contributed by atoms with Gasteiger partial charge in [0, 0.05) is 16.1 Å². The summed E-state index contributed by atoms with van der Waals surface area (Å²) < 4.78 is 0. The van der Waals surface area contributed by atoms with Gasteiger partial charge in [-0.1, -0.05) is 46.2 Å². The fourth-order valence-electron chi connectivity index (χ4n) is 2.48. The summed E-state index contributed by atoms with van der Waals surface area (Å²) in [5.74, 6) is 0. The van der Waals surface area contributed by atoms with Crippen LogP contribution in [-0.2, 0) is 21.1 Å². The highest BCUT2D eigenvalue weighted by molar-refractivity contribution is 6.36. The zero-order chi connectivity index (χ0) is 21.8. The first-order valence-corrected chi connectivity index (χ1v) is 9.44. The molecule has 6 nitrogen and oxygen atoms in total. The van der Waals surface area contributed by atoms with Crippen molar-refractivity contribution in [2.45, 2.75) is 27.4 Å². The minimum absolute atomic E-state index is 0.211. The van der Waals surface area contributed by atoms with Gasteiger partial charge in [-0.15, -0.1) is 0 Å². The molecule has 0 aliphatic carbocycles. The van der Waals surface area contributed by atoms with E-state index in [9.17, 15) is 4.79 Å². The number of oxime groups is 2. The second kappa shape index (κ2) is 12.7. The van der Waals surface area contributed by atoms with Crippen LogP contribution in [0.1, 0.15) is 34.7 Å². The van der Waals surface area contributed by atoms with E-state index in [1.165, 1.54) is 7.11 Å². The Hall–Kier alpha value is -2.70. The van der Waals surface area contributed by atoms with Crippen molar-refractivity contribution < 1.29 is 14.5 Å². The molecule has 0 saturated carbocycles. The Labute approximate surface area is 177 Å². The molecule has 1 N–H and O–H groups in total. The van der Waals surface area contributed by atoms with E-state index in [1.54, 1.807) is 6.07 Å². The SMILES string of the molecule is CNC.CO/N=C(/C=O)c1cccc(C)c1CO/N=C(\C)c1ccc(Cl)c(C)c1. The van der Waals surface area contributed by atoms with Crippen molar-refractivity contribution >= 4 is 29.3 Å². The Morgan fingerprint density at radius 1 is 1.14 bits per heavy atom. The van der Waals surface area contributed by atoms with Crippen LogP contribution in [0.25, 0.3) is 0 Å². The van der Waals surface area contributed by atoms with E-state index in [1.807, 2.05) is 65.2 Å². The van der Waals surface area contributed by atoms with Crippen LogP contribution in [0.2, 0.25) is 5.02 Å². The molecule has 2 rings (SSSR count). The van der Waals surface area contributed by atoms with Crippen molar-refractivity contribution in [1.82, 2.24) is 5.32 Å². The van der Waals surface area contributed by atoms with Crippen LogP contribution in [0.5, 0.6) is 0 Å². The molecular weight excluding hydrogens is 390 g/mol. The molecule has 0 fully saturated rings. The Balaban J connectivity index is 0.00000132. The zero-order valence-corrected chi connectivity index (χ0v) is 18.5. The lowest BCUT2D eigenvalue weighted by Gasteiger charge is -2.11. The summed E-state index contributed by atoms with van der Waals surface area (Å²) in [6, 6.07) is 11.3. The summed E-state index contributed by atoms with van der Waals surface area (Å²) in [5.41, 5.74) is 5.34. The van der Waals surface area contributed by atoms with E-state index in [2.05, 4.69) is 15.6 Å². The van der Waals surface area contributed by atoms with E-state index in [0.717, 1.165) is 28.0 Å². The number of benzene rings is 2. The number of carbonyl (C=O) groups excluding carboxylic acids is 1. The number of hydrogen-bond donors (Lipinski definition) is 1. The highest BCUT2D eigenvalue weighted by atomic mass is 35.5. The predicted octanol–water partition coefficient (Wildman–Crippen LogP) is 4.28. The van der Waals surface area contributed by atoms with Gasteiger partial charge >= 0.3 is 0 Å². The summed E-state index contributed by atoms with van der Waals surface area (Å²) in [4.78, 5) is 21.6. The lowest BCUT2D eigenvalue weighted by molar-refractivity contribution is -0.102. The highest BCUT2D eigenvalue weighted by Gasteiger charge is 2.12. The van der Waals surface area contributed by atoms with Gasteiger partial charge in [0.25, 0.3) is 0 Å². The summed E-state index contributed by atoms with van der Waals surface area (Å²) in [7, 11) is 5.15. The first-order chi connectivity index (χ1) is 13.9. The van der Waals surface area contributed by atoms with Crippen molar-refractivity contribution in [1.29, 1.82) is 0 Å². The van der Waals surface area contributed by atoms with Gasteiger partial charge in [-0.3, -0.25) is 4.79 Å². The third kappa shape index (κ3) is 7.33. The van der Waals surface area contributed by atoms with Gasteiger partial charge in [0.2, 0.25) is 0 Å². The first kappa shape index (κ1) is 24.3. The number of nitrogens with zero attached hydrogens (tertiary/aromatic N) is 2. The average molecular weight is 418 g/mol. The second-order valence-corrected chi connectivity index (χ2v) is 6.70. The van der Waals surface area contributed by atoms with Crippen molar-refractivity contribution in [3.8, 4) is 0 Å². The quantitative estimate of drug-likeness (QED) is 0.414. The molecule has 156 valence electrons. The molecule has 0 spiro atoms. The van der Waals surface area contributed by atoms with Gasteiger partial charge in [-0.05, 0) is 63.7 Å². The summed E-state index contributed by atoms with van der Waals surface area (Å²) in [5, 5.41) is 11.4. The number of carbonyl (C=O) groups is 1. The average Bonchev–Trinajstić information content (AvgIpc) is 2.70. The lowest BCUT2D eigenvalue weighted by atomic mass is 9.99. The lowest BCUT2D eigenvalue weighted by Crippen LogP contribution is -2.09. The molecule has 0 unspecified atom stereocenters. The molecule has 0 amide bonds. The van der Waals surface area contributed by atoms with Crippen LogP contribution in [0.4, 0.5) is 0 Å². The van der Waals surface area contributed by atoms with Gasteiger partial charge in [-0.25, -0.2) is 0 Å². The third-order valence-corrected chi connectivity index (χ3v) is 4.40. The Morgan fingerprint density at radius 2 is 1.83 bits per heavy atom. The van der Waals surface area contributed by atoms with Gasteiger partial charge in [-0.2, -0.15) is 0 Å². The maximum absolute atomic E-state index is 11.3. The van der Waals surface area contributed by atoms with Crippen LogP contribution in [-0.4, -0.2) is 38.9 Å². The number of nitrogens with one attached hydrogen (secondary N) is 1. The van der Waals surface area contributed by atoms with Gasteiger partial charge in [0.1, 0.15) is 19.4 Å². The molecule has 2 aromatic rings. The maximum Gasteiger partial charge on any atom is 0.172 e. The molecule has 0 heterocycles. The van der Waals surface area contributed by atoms with Crippen LogP contribution < -0.4 is 5.32 Å². The number of hydrogen-bond acceptors (Lipinski definition) is 6. The van der Waals surface area contributed by atoms with Gasteiger partial charge in [0.15, 0.2) is 6.29 Å². The first-order valence-electron chi connectivity index (χ1n) is 9.06. The molecule has 2 aromatic carbocycles. The van der Waals surface area contributed by atoms with E-state index >= 15 is 0 Å². The maximum atomic E-state index is 11.3. The largest absolute Gasteiger partial charge is 0.399 e. The monoisotopic (exact) mass is 417 g/mol. The summed E-state index contributed by atoms with van der Waals surface area (Å²) in [6.07, 6.45) is 0.660. The predicted molar refractivity (Wildman–Crippen MR) is 119 cm³/mol. The summed E-state index contributed by atoms with van der Waals surface area (Å²) in [6.45, 7) is 5.96. The Bertz CT molecular complexity index is 880. The van der Waals surface area contributed by atoms with Crippen LogP contribution in [0.15, 0.2) is 46.7 Å². The van der Waals surface area contributed by atoms with E-state index in [4.69, 9.17) is 21.3 Å². The molecule has 0 bridgehead atoms. The van der Waals surface area contributed by atoms with Gasteiger partial charge < -0.3 is 15.0 Å². The molecule has 0 aromatic heterocycles. The Morgan fingerprint density at radius 3 is 2.41 bits per heavy atom. The highest BCUT2D eigenvalue weighted by Crippen LogP contribution is 2.19. The molecular formula is C22H28ClN3O3. The smallest absolute Gasteiger partial charge is 0.172 e. The van der Waals surface area contributed by atoms with E-state index < -0.39 is 0 Å². The molecule has 0 radical (unpaired) electrons. The normalized spacial score (nSPS) is 11.4. The fraction of sp³-hybridized carbons (Fsp3) is 0.318. The van der Waals surface area contributed by atoms with Crippen LogP contribution in [0.3, 0.4) is 0 Å². The van der Waals surface area contributed by atoms with Crippen molar-refractivity contribution in [2.24, 2.45) is 10.3 Å².